The number of nitro groups is 1. The summed E-state index contributed by atoms with van der Waals surface area (Å²) in [4.78, 5) is 21.4. The van der Waals surface area contributed by atoms with Crippen LogP contribution in [0, 0.1) is 21.7 Å². The van der Waals surface area contributed by atoms with Crippen molar-refractivity contribution in [3.8, 4) is 0 Å². The minimum atomic E-state index is -1.22. The molecule has 0 unspecified atom stereocenters. The van der Waals surface area contributed by atoms with Crippen LogP contribution in [0.15, 0.2) is 24.3 Å². The van der Waals surface area contributed by atoms with E-state index < -0.39 is 33.6 Å². The van der Waals surface area contributed by atoms with Crippen LogP contribution in [0.25, 0.3) is 0 Å². The van der Waals surface area contributed by atoms with Crippen molar-refractivity contribution in [3.63, 3.8) is 0 Å². The Balaban J connectivity index is 2.41. The standard InChI is InChI=1S/C14H13F2NO4/c1-2-21-12(18)3-4-14(5-6-14)10-7-9(15)8-11(16)13(10)17(19)20/h3-4,7-8H,2,5-6H2,1H3/b4-3+. The summed E-state index contributed by atoms with van der Waals surface area (Å²) in [6, 6.07) is 1.43. The number of nitro benzene ring substituents is 1. The van der Waals surface area contributed by atoms with Gasteiger partial charge in [-0.25, -0.2) is 9.18 Å². The predicted octanol–water partition coefficient (Wildman–Crippen LogP) is 3.02. The van der Waals surface area contributed by atoms with Gasteiger partial charge in [-0.05, 0) is 25.8 Å². The second-order valence-electron chi connectivity index (χ2n) is 4.78. The van der Waals surface area contributed by atoms with Crippen molar-refractivity contribution >= 4 is 11.7 Å². The summed E-state index contributed by atoms with van der Waals surface area (Å²) in [6.07, 6.45) is 3.52. The molecule has 0 bridgehead atoms. The van der Waals surface area contributed by atoms with Gasteiger partial charge in [-0.3, -0.25) is 10.1 Å². The van der Waals surface area contributed by atoms with E-state index in [9.17, 15) is 23.7 Å². The Bertz CT molecular complexity index is 624. The van der Waals surface area contributed by atoms with Gasteiger partial charge in [0.15, 0.2) is 0 Å². The van der Waals surface area contributed by atoms with Crippen LogP contribution >= 0.6 is 0 Å². The summed E-state index contributed by atoms with van der Waals surface area (Å²) in [5.74, 6) is -2.70. The summed E-state index contributed by atoms with van der Waals surface area (Å²) < 4.78 is 31.7. The maximum absolute atomic E-state index is 13.6. The van der Waals surface area contributed by atoms with E-state index in [-0.39, 0.29) is 12.2 Å². The zero-order valence-corrected chi connectivity index (χ0v) is 11.3. The zero-order valence-electron chi connectivity index (χ0n) is 11.3. The van der Waals surface area contributed by atoms with Crippen LogP contribution in [-0.2, 0) is 14.9 Å². The maximum Gasteiger partial charge on any atom is 0.330 e. The molecule has 0 spiro atoms. The number of nitrogens with zero attached hydrogens (tertiary/aromatic N) is 1. The lowest BCUT2D eigenvalue weighted by Crippen LogP contribution is -2.10. The SMILES string of the molecule is CCOC(=O)/C=C/C1(c2cc(F)cc(F)c2[N+](=O)[O-])CC1. The number of hydrogen-bond acceptors (Lipinski definition) is 4. The zero-order chi connectivity index (χ0) is 15.6. The number of halogens is 2. The van der Waals surface area contributed by atoms with Gasteiger partial charge in [-0.1, -0.05) is 6.08 Å². The largest absolute Gasteiger partial charge is 0.463 e. The highest BCUT2D eigenvalue weighted by Crippen LogP contribution is 2.53. The molecule has 2 rings (SSSR count). The third kappa shape index (κ3) is 3.07. The fourth-order valence-corrected chi connectivity index (χ4v) is 2.21. The number of carbonyl (C=O) groups excluding carboxylic acids is 1. The van der Waals surface area contributed by atoms with Crippen molar-refractivity contribution in [2.75, 3.05) is 6.61 Å². The average Bonchev–Trinajstić information content (AvgIpc) is 3.16. The molecule has 0 radical (unpaired) electrons. The fraction of sp³-hybridized carbons (Fsp3) is 0.357. The Kier molecular flexibility index (Phi) is 4.02. The molecule has 0 amide bonds. The molecule has 7 heteroatoms. The van der Waals surface area contributed by atoms with Crippen LogP contribution in [0.2, 0.25) is 0 Å². The molecule has 0 aliphatic heterocycles. The number of carbonyl (C=O) groups is 1. The Labute approximate surface area is 119 Å². The highest BCUT2D eigenvalue weighted by Gasteiger charge is 2.47. The van der Waals surface area contributed by atoms with Crippen molar-refractivity contribution in [3.05, 3.63) is 51.6 Å². The number of benzene rings is 1. The Morgan fingerprint density at radius 2 is 2.14 bits per heavy atom. The minimum Gasteiger partial charge on any atom is -0.463 e. The van der Waals surface area contributed by atoms with Crippen molar-refractivity contribution in [1.29, 1.82) is 0 Å². The predicted molar refractivity (Wildman–Crippen MR) is 69.7 cm³/mol. The van der Waals surface area contributed by atoms with E-state index >= 15 is 0 Å². The summed E-state index contributed by atoms with van der Waals surface area (Å²) >= 11 is 0. The number of esters is 1. The van der Waals surface area contributed by atoms with Gasteiger partial charge in [0.1, 0.15) is 5.82 Å². The third-order valence-electron chi connectivity index (χ3n) is 3.36. The summed E-state index contributed by atoms with van der Waals surface area (Å²) in [5.41, 5.74) is -1.68. The highest BCUT2D eigenvalue weighted by molar-refractivity contribution is 5.82. The molecule has 1 saturated carbocycles. The van der Waals surface area contributed by atoms with E-state index in [2.05, 4.69) is 0 Å². The summed E-state index contributed by atoms with van der Waals surface area (Å²) in [7, 11) is 0. The van der Waals surface area contributed by atoms with Crippen LogP contribution in [-0.4, -0.2) is 17.5 Å². The lowest BCUT2D eigenvalue weighted by atomic mass is 9.93. The molecule has 1 aromatic carbocycles. The van der Waals surface area contributed by atoms with Gasteiger partial charge in [0, 0.05) is 23.1 Å². The molecule has 1 fully saturated rings. The quantitative estimate of drug-likeness (QED) is 0.362. The smallest absolute Gasteiger partial charge is 0.330 e. The maximum atomic E-state index is 13.6. The molecule has 1 aliphatic rings. The lowest BCUT2D eigenvalue weighted by Gasteiger charge is -2.11. The Hall–Kier alpha value is -2.31. The topological polar surface area (TPSA) is 69.4 Å². The fourth-order valence-electron chi connectivity index (χ4n) is 2.21. The van der Waals surface area contributed by atoms with Crippen molar-refractivity contribution < 1.29 is 23.2 Å². The molecule has 0 heterocycles. The van der Waals surface area contributed by atoms with E-state index in [0.29, 0.717) is 18.9 Å². The number of hydrogen-bond donors (Lipinski definition) is 0. The molecule has 0 atom stereocenters. The van der Waals surface area contributed by atoms with Crippen LogP contribution in [0.1, 0.15) is 25.3 Å². The minimum absolute atomic E-state index is 0.0504. The van der Waals surface area contributed by atoms with E-state index in [4.69, 9.17) is 4.74 Å². The van der Waals surface area contributed by atoms with E-state index in [1.165, 1.54) is 6.08 Å². The van der Waals surface area contributed by atoms with E-state index in [1.807, 2.05) is 0 Å². The molecule has 0 saturated heterocycles. The second-order valence-corrected chi connectivity index (χ2v) is 4.78. The van der Waals surface area contributed by atoms with Gasteiger partial charge >= 0.3 is 11.7 Å². The summed E-state index contributed by atoms with van der Waals surface area (Å²) in [6.45, 7) is 1.84. The first kappa shape index (κ1) is 15.1. The Morgan fingerprint density at radius 3 is 2.67 bits per heavy atom. The van der Waals surface area contributed by atoms with Gasteiger partial charge in [-0.2, -0.15) is 4.39 Å². The molecule has 1 aromatic rings. The van der Waals surface area contributed by atoms with Crippen LogP contribution in [0.3, 0.4) is 0 Å². The van der Waals surface area contributed by atoms with Crippen molar-refractivity contribution in [2.45, 2.75) is 25.2 Å². The first-order chi connectivity index (χ1) is 9.89. The molecular formula is C14H13F2NO4. The molecule has 112 valence electrons. The van der Waals surface area contributed by atoms with Crippen LogP contribution < -0.4 is 0 Å². The molecule has 1 aliphatic carbocycles. The number of rotatable bonds is 5. The molecular weight excluding hydrogens is 284 g/mol. The highest BCUT2D eigenvalue weighted by atomic mass is 19.1. The first-order valence-corrected chi connectivity index (χ1v) is 6.39. The lowest BCUT2D eigenvalue weighted by molar-refractivity contribution is -0.388. The third-order valence-corrected chi connectivity index (χ3v) is 3.36. The molecule has 21 heavy (non-hydrogen) atoms. The Morgan fingerprint density at radius 1 is 1.48 bits per heavy atom. The van der Waals surface area contributed by atoms with Gasteiger partial charge in [0.05, 0.1) is 11.5 Å². The number of allylic oxidation sites excluding steroid dienone is 1. The molecule has 0 N–H and O–H groups in total. The second kappa shape index (κ2) is 5.59. The van der Waals surface area contributed by atoms with Gasteiger partial charge in [0.2, 0.25) is 5.82 Å². The normalized spacial score (nSPS) is 16.0. The van der Waals surface area contributed by atoms with Gasteiger partial charge in [0.25, 0.3) is 0 Å². The van der Waals surface area contributed by atoms with Crippen LogP contribution in [0.5, 0.6) is 0 Å². The van der Waals surface area contributed by atoms with Gasteiger partial charge in [-0.15, -0.1) is 0 Å². The average molecular weight is 297 g/mol. The van der Waals surface area contributed by atoms with Crippen molar-refractivity contribution in [1.82, 2.24) is 0 Å². The molecule has 5 nitrogen and oxygen atoms in total. The van der Waals surface area contributed by atoms with E-state index in [1.54, 1.807) is 6.92 Å². The van der Waals surface area contributed by atoms with Crippen molar-refractivity contribution in [2.24, 2.45) is 0 Å². The first-order valence-electron chi connectivity index (χ1n) is 6.39. The van der Waals surface area contributed by atoms with Crippen LogP contribution in [0.4, 0.5) is 14.5 Å². The monoisotopic (exact) mass is 297 g/mol. The molecule has 0 aromatic heterocycles. The number of ether oxygens (including phenoxy) is 1. The summed E-state index contributed by atoms with van der Waals surface area (Å²) in [5, 5.41) is 11.0. The van der Waals surface area contributed by atoms with E-state index in [0.717, 1.165) is 12.1 Å². The van der Waals surface area contributed by atoms with Gasteiger partial charge < -0.3 is 4.74 Å².